The number of benzene rings is 2. The summed E-state index contributed by atoms with van der Waals surface area (Å²) in [4.78, 5) is 5.30. The lowest BCUT2D eigenvalue weighted by Crippen LogP contribution is -2.13. The lowest BCUT2D eigenvalue weighted by atomic mass is 10.3. The molecule has 0 aliphatic rings. The molecule has 3 aromatic rings. The van der Waals surface area contributed by atoms with Crippen molar-refractivity contribution in [2.45, 2.75) is 14.9 Å². The molecule has 0 atom stereocenters. The Hall–Kier alpha value is -2.65. The molecule has 9 heteroatoms. The molecule has 0 bridgehead atoms. The van der Waals surface area contributed by atoms with Crippen LogP contribution in [-0.2, 0) is 17.1 Å². The maximum atomic E-state index is 12.6. The first-order chi connectivity index (χ1) is 12.9. The van der Waals surface area contributed by atoms with Gasteiger partial charge in [0.2, 0.25) is 0 Å². The van der Waals surface area contributed by atoms with Gasteiger partial charge in [-0.15, -0.1) is 0 Å². The van der Waals surface area contributed by atoms with E-state index in [2.05, 4.69) is 9.71 Å². The topological polar surface area (TPSA) is 82.5 Å². The van der Waals surface area contributed by atoms with Crippen LogP contribution in [0.15, 0.2) is 69.8 Å². The van der Waals surface area contributed by atoms with Crippen molar-refractivity contribution in [1.82, 2.24) is 9.55 Å². The molecule has 0 amide bonds. The zero-order valence-corrected chi connectivity index (χ0v) is 16.7. The number of hydrogen-bond acceptors (Lipinski definition) is 6. The van der Waals surface area contributed by atoms with Crippen molar-refractivity contribution in [3.63, 3.8) is 0 Å². The van der Waals surface area contributed by atoms with Gasteiger partial charge in [0.25, 0.3) is 10.0 Å². The first-order valence-corrected chi connectivity index (χ1v) is 10.2. The van der Waals surface area contributed by atoms with E-state index in [1.807, 2.05) is 29.9 Å². The molecule has 0 unspecified atom stereocenters. The lowest BCUT2D eigenvalue weighted by Gasteiger charge is -2.12. The van der Waals surface area contributed by atoms with Crippen LogP contribution < -0.4 is 14.2 Å². The van der Waals surface area contributed by atoms with Gasteiger partial charge in [-0.25, -0.2) is 13.4 Å². The molecular formula is C18H19N3O4S2. The van der Waals surface area contributed by atoms with E-state index in [0.717, 1.165) is 10.1 Å². The third kappa shape index (κ3) is 4.37. The summed E-state index contributed by atoms with van der Waals surface area (Å²) in [6.07, 6.45) is 3.60. The molecule has 0 aliphatic carbocycles. The summed E-state index contributed by atoms with van der Waals surface area (Å²) < 4.78 is 40.0. The minimum absolute atomic E-state index is 0.0895. The number of imidazole rings is 1. The number of anilines is 1. The number of nitrogens with zero attached hydrogens (tertiary/aromatic N) is 2. The molecule has 0 spiro atoms. The molecule has 7 nitrogen and oxygen atoms in total. The Bertz CT molecular complexity index is 1030. The first-order valence-electron chi connectivity index (χ1n) is 7.93. The molecule has 142 valence electrons. The van der Waals surface area contributed by atoms with Gasteiger partial charge in [-0.1, -0.05) is 11.8 Å². The summed E-state index contributed by atoms with van der Waals surface area (Å²) in [5.74, 6) is 0.814. The summed E-state index contributed by atoms with van der Waals surface area (Å²) in [5.41, 5.74) is 0.467. The fourth-order valence-corrected chi connectivity index (χ4v) is 4.22. The zero-order valence-electron chi connectivity index (χ0n) is 15.0. The monoisotopic (exact) mass is 405 g/mol. The minimum atomic E-state index is -3.75. The molecule has 0 radical (unpaired) electrons. The lowest BCUT2D eigenvalue weighted by molar-refractivity contribution is 0.354. The standard InChI is InChI=1S/C18H19N3O4S2/c1-21-11-10-19-18(21)26-14-6-4-13(5-7-14)20-27(22,23)15-8-9-16(24-2)17(12-15)25-3/h4-12,20H,1-3H3. The van der Waals surface area contributed by atoms with Crippen molar-refractivity contribution in [2.75, 3.05) is 18.9 Å². The smallest absolute Gasteiger partial charge is 0.262 e. The largest absolute Gasteiger partial charge is 0.493 e. The molecule has 1 aromatic heterocycles. The van der Waals surface area contributed by atoms with E-state index >= 15 is 0 Å². The normalized spacial score (nSPS) is 11.2. The molecule has 3 rings (SSSR count). The molecule has 2 aromatic carbocycles. The highest BCUT2D eigenvalue weighted by atomic mass is 32.2. The van der Waals surface area contributed by atoms with Gasteiger partial charge in [0.05, 0.1) is 19.1 Å². The van der Waals surface area contributed by atoms with Crippen LogP contribution in [0, 0.1) is 0 Å². The van der Waals surface area contributed by atoms with Gasteiger partial charge >= 0.3 is 0 Å². The Morgan fingerprint density at radius 1 is 1.04 bits per heavy atom. The van der Waals surface area contributed by atoms with Crippen molar-refractivity contribution < 1.29 is 17.9 Å². The Kier molecular flexibility index (Phi) is 5.62. The summed E-state index contributed by atoms with van der Waals surface area (Å²) in [7, 11) is 1.12. The second-order valence-corrected chi connectivity index (χ2v) is 8.29. The summed E-state index contributed by atoms with van der Waals surface area (Å²) in [5, 5.41) is 0.855. The Morgan fingerprint density at radius 3 is 2.33 bits per heavy atom. The summed E-state index contributed by atoms with van der Waals surface area (Å²) in [6.45, 7) is 0. The second kappa shape index (κ2) is 7.93. The van der Waals surface area contributed by atoms with Crippen molar-refractivity contribution in [2.24, 2.45) is 7.05 Å². The molecule has 0 saturated heterocycles. The number of methoxy groups -OCH3 is 2. The van der Waals surface area contributed by atoms with E-state index < -0.39 is 10.0 Å². The zero-order chi connectivity index (χ0) is 19.4. The highest BCUT2D eigenvalue weighted by Gasteiger charge is 2.17. The van der Waals surface area contributed by atoms with Gasteiger partial charge in [-0.05, 0) is 36.4 Å². The van der Waals surface area contributed by atoms with Crippen LogP contribution in [0.25, 0.3) is 0 Å². The average molecular weight is 406 g/mol. The van der Waals surface area contributed by atoms with E-state index in [1.165, 1.54) is 38.1 Å². The van der Waals surface area contributed by atoms with E-state index in [0.29, 0.717) is 17.2 Å². The van der Waals surface area contributed by atoms with Crippen LogP contribution in [0.3, 0.4) is 0 Å². The molecule has 0 aliphatic heterocycles. The highest BCUT2D eigenvalue weighted by Crippen LogP contribution is 2.31. The number of nitrogens with one attached hydrogen (secondary N) is 1. The van der Waals surface area contributed by atoms with Crippen molar-refractivity contribution in [3.8, 4) is 11.5 Å². The number of aromatic nitrogens is 2. The number of aryl methyl sites for hydroxylation is 1. The SMILES string of the molecule is COc1ccc(S(=O)(=O)Nc2ccc(Sc3nccn3C)cc2)cc1OC. The quantitative estimate of drug-likeness (QED) is 0.649. The van der Waals surface area contributed by atoms with Crippen LogP contribution >= 0.6 is 11.8 Å². The first kappa shape index (κ1) is 19.1. The predicted octanol–water partition coefficient (Wildman–Crippen LogP) is 3.39. The van der Waals surface area contributed by atoms with Gasteiger partial charge < -0.3 is 14.0 Å². The third-order valence-corrected chi connectivity index (χ3v) is 6.22. The van der Waals surface area contributed by atoms with E-state index in [9.17, 15) is 8.42 Å². The maximum absolute atomic E-state index is 12.6. The average Bonchev–Trinajstić information content (AvgIpc) is 3.07. The van der Waals surface area contributed by atoms with Crippen LogP contribution in [0.5, 0.6) is 11.5 Å². The van der Waals surface area contributed by atoms with Crippen molar-refractivity contribution >= 4 is 27.5 Å². The third-order valence-electron chi connectivity index (χ3n) is 3.76. The van der Waals surface area contributed by atoms with E-state index in [4.69, 9.17) is 9.47 Å². The van der Waals surface area contributed by atoms with Gasteiger partial charge in [-0.2, -0.15) is 0 Å². The van der Waals surface area contributed by atoms with E-state index in [-0.39, 0.29) is 4.90 Å². The molecule has 0 saturated carbocycles. The van der Waals surface area contributed by atoms with Crippen LogP contribution in [0.1, 0.15) is 0 Å². The second-order valence-electron chi connectivity index (χ2n) is 5.57. The number of ether oxygens (including phenoxy) is 2. The van der Waals surface area contributed by atoms with Crippen molar-refractivity contribution in [1.29, 1.82) is 0 Å². The predicted molar refractivity (Wildman–Crippen MR) is 104 cm³/mol. The highest BCUT2D eigenvalue weighted by molar-refractivity contribution is 7.99. The van der Waals surface area contributed by atoms with Gasteiger partial charge in [0.1, 0.15) is 0 Å². The van der Waals surface area contributed by atoms with E-state index in [1.54, 1.807) is 24.4 Å². The van der Waals surface area contributed by atoms with Gasteiger partial charge in [0.15, 0.2) is 16.7 Å². The molecule has 1 N–H and O–H groups in total. The van der Waals surface area contributed by atoms with Crippen molar-refractivity contribution in [3.05, 3.63) is 54.9 Å². The van der Waals surface area contributed by atoms with Gasteiger partial charge in [0, 0.05) is 36.1 Å². The number of hydrogen-bond donors (Lipinski definition) is 1. The Morgan fingerprint density at radius 2 is 1.74 bits per heavy atom. The summed E-state index contributed by atoms with van der Waals surface area (Å²) >= 11 is 1.50. The molecule has 27 heavy (non-hydrogen) atoms. The number of sulfonamides is 1. The minimum Gasteiger partial charge on any atom is -0.493 e. The van der Waals surface area contributed by atoms with Gasteiger partial charge in [-0.3, -0.25) is 4.72 Å². The molecule has 1 heterocycles. The Labute approximate surface area is 162 Å². The van der Waals surface area contributed by atoms with Crippen LogP contribution in [-0.4, -0.2) is 32.2 Å². The Balaban J connectivity index is 1.77. The summed E-state index contributed by atoms with van der Waals surface area (Å²) in [6, 6.07) is 11.5. The molecule has 0 fully saturated rings. The fraction of sp³-hybridized carbons (Fsp3) is 0.167. The molecular weight excluding hydrogens is 386 g/mol. The van der Waals surface area contributed by atoms with Crippen LogP contribution in [0.4, 0.5) is 5.69 Å². The van der Waals surface area contributed by atoms with Crippen LogP contribution in [0.2, 0.25) is 0 Å². The maximum Gasteiger partial charge on any atom is 0.262 e. The number of rotatable bonds is 7. The fourth-order valence-electron chi connectivity index (χ4n) is 2.34.